The number of H-pyrrole nitrogens is 1. The Morgan fingerprint density at radius 1 is 1.00 bits per heavy atom. The maximum absolute atomic E-state index is 12.8. The molecule has 4 nitrogen and oxygen atoms in total. The number of para-hydroxylation sites is 1. The third-order valence-corrected chi connectivity index (χ3v) is 8.06. The monoisotopic (exact) mass is 429 g/mol. The number of likely N-dealkylation sites (tertiary alicyclic amines) is 1. The van der Waals surface area contributed by atoms with Crippen molar-refractivity contribution in [1.29, 1.82) is 0 Å². The molecule has 2 amide bonds. The zero-order chi connectivity index (χ0) is 22.0. The summed E-state index contributed by atoms with van der Waals surface area (Å²) in [7, 11) is 0. The van der Waals surface area contributed by atoms with Crippen molar-refractivity contribution in [3.05, 3.63) is 71.9 Å². The van der Waals surface area contributed by atoms with E-state index >= 15 is 0 Å². The second kappa shape index (κ2) is 9.01. The number of aromatic amines is 1. The molecule has 32 heavy (non-hydrogen) atoms. The van der Waals surface area contributed by atoms with Crippen LogP contribution in [0.1, 0.15) is 62.5 Å². The van der Waals surface area contributed by atoms with E-state index in [0.29, 0.717) is 11.8 Å². The molecule has 1 aliphatic heterocycles. The van der Waals surface area contributed by atoms with Gasteiger partial charge in [0.15, 0.2) is 0 Å². The quantitative estimate of drug-likeness (QED) is 0.509. The van der Waals surface area contributed by atoms with E-state index in [9.17, 15) is 4.79 Å². The van der Waals surface area contributed by atoms with Gasteiger partial charge in [0.1, 0.15) is 0 Å². The fraction of sp³-hybridized carbons (Fsp3) is 0.464. The summed E-state index contributed by atoms with van der Waals surface area (Å²) >= 11 is 0. The molecular weight excluding hydrogens is 394 g/mol. The van der Waals surface area contributed by atoms with Gasteiger partial charge in [0.05, 0.1) is 0 Å². The third-order valence-electron chi connectivity index (χ3n) is 8.06. The van der Waals surface area contributed by atoms with Gasteiger partial charge in [-0.25, -0.2) is 4.79 Å². The van der Waals surface area contributed by atoms with Crippen molar-refractivity contribution in [3.63, 3.8) is 0 Å². The van der Waals surface area contributed by atoms with Gasteiger partial charge in [0.25, 0.3) is 0 Å². The molecule has 0 unspecified atom stereocenters. The fourth-order valence-electron chi connectivity index (χ4n) is 5.82. The average Bonchev–Trinajstić information content (AvgIpc) is 3.28. The molecule has 5 rings (SSSR count). The van der Waals surface area contributed by atoms with Crippen LogP contribution in [-0.4, -0.2) is 35.5 Å². The van der Waals surface area contributed by atoms with Crippen molar-refractivity contribution in [2.75, 3.05) is 19.6 Å². The first-order valence-electron chi connectivity index (χ1n) is 12.3. The van der Waals surface area contributed by atoms with Crippen LogP contribution in [0.4, 0.5) is 4.79 Å². The van der Waals surface area contributed by atoms with Crippen molar-refractivity contribution >= 4 is 16.9 Å². The van der Waals surface area contributed by atoms with E-state index in [2.05, 4.69) is 78.0 Å². The van der Waals surface area contributed by atoms with E-state index in [1.807, 2.05) is 4.90 Å². The lowest BCUT2D eigenvalue weighted by Gasteiger charge is -2.38. The van der Waals surface area contributed by atoms with Gasteiger partial charge in [-0.1, -0.05) is 55.5 Å². The van der Waals surface area contributed by atoms with Crippen LogP contribution in [-0.2, 0) is 5.41 Å². The maximum Gasteiger partial charge on any atom is 0.317 e. The topological polar surface area (TPSA) is 48.1 Å². The minimum Gasteiger partial charge on any atom is -0.361 e. The molecule has 4 heteroatoms. The second-order valence-corrected chi connectivity index (χ2v) is 10.1. The van der Waals surface area contributed by atoms with E-state index in [0.717, 1.165) is 32.5 Å². The molecule has 2 fully saturated rings. The zero-order valence-corrected chi connectivity index (χ0v) is 19.1. The number of carbonyl (C=O) groups excluding carboxylic acids is 1. The van der Waals surface area contributed by atoms with Crippen LogP contribution >= 0.6 is 0 Å². The summed E-state index contributed by atoms with van der Waals surface area (Å²) in [4.78, 5) is 18.2. The van der Waals surface area contributed by atoms with E-state index in [-0.39, 0.29) is 11.4 Å². The number of hydrogen-bond acceptors (Lipinski definition) is 1. The molecule has 1 saturated heterocycles. The minimum absolute atomic E-state index is 0.124. The average molecular weight is 430 g/mol. The molecule has 0 atom stereocenters. The summed E-state index contributed by atoms with van der Waals surface area (Å²) in [6.07, 6.45) is 9.02. The van der Waals surface area contributed by atoms with E-state index < -0.39 is 0 Å². The lowest BCUT2D eigenvalue weighted by molar-refractivity contribution is 0.175. The van der Waals surface area contributed by atoms with Crippen LogP contribution in [0.25, 0.3) is 10.9 Å². The molecule has 1 aliphatic carbocycles. The van der Waals surface area contributed by atoms with Gasteiger partial charge in [-0.15, -0.1) is 0 Å². The minimum atomic E-state index is 0.124. The number of benzene rings is 2. The largest absolute Gasteiger partial charge is 0.361 e. The van der Waals surface area contributed by atoms with E-state index in [4.69, 9.17) is 0 Å². The molecule has 2 heterocycles. The first-order chi connectivity index (χ1) is 15.6. The van der Waals surface area contributed by atoms with Gasteiger partial charge in [-0.2, -0.15) is 0 Å². The molecule has 2 aliphatic rings. The summed E-state index contributed by atoms with van der Waals surface area (Å²) in [5, 5.41) is 4.58. The Kier molecular flexibility index (Phi) is 5.95. The van der Waals surface area contributed by atoms with Gasteiger partial charge >= 0.3 is 6.03 Å². The van der Waals surface area contributed by atoms with Crippen LogP contribution < -0.4 is 5.32 Å². The summed E-state index contributed by atoms with van der Waals surface area (Å²) in [6, 6.07) is 19.6. The Morgan fingerprint density at radius 3 is 2.44 bits per heavy atom. The standard InChI is InChI=1S/C28H35N3O/c1-28(23-7-3-2-4-8-23)15-11-21(12-16-28)19-30-27(32)31-17-13-22(14-18-31)25-20-29-26-10-6-5-9-24(25)26/h2-10,20-22,29H,11-19H2,1H3,(H,30,32). The highest BCUT2D eigenvalue weighted by Gasteiger charge is 2.33. The van der Waals surface area contributed by atoms with Crippen molar-refractivity contribution in [3.8, 4) is 0 Å². The first-order valence-corrected chi connectivity index (χ1v) is 12.3. The number of carbonyl (C=O) groups is 1. The number of hydrogen-bond donors (Lipinski definition) is 2. The normalized spacial score (nSPS) is 24.5. The van der Waals surface area contributed by atoms with Crippen molar-refractivity contribution < 1.29 is 4.79 Å². The molecule has 3 aromatic rings. The molecule has 1 aromatic heterocycles. The second-order valence-electron chi connectivity index (χ2n) is 10.1. The van der Waals surface area contributed by atoms with Crippen molar-refractivity contribution in [1.82, 2.24) is 15.2 Å². The fourth-order valence-corrected chi connectivity index (χ4v) is 5.82. The van der Waals surface area contributed by atoms with Gasteiger partial charge < -0.3 is 15.2 Å². The highest BCUT2D eigenvalue weighted by atomic mass is 16.2. The summed E-state index contributed by atoms with van der Waals surface area (Å²) in [5.41, 5.74) is 4.36. The molecule has 168 valence electrons. The zero-order valence-electron chi connectivity index (χ0n) is 19.1. The maximum atomic E-state index is 12.8. The van der Waals surface area contributed by atoms with Crippen LogP contribution in [0, 0.1) is 5.92 Å². The molecule has 2 aromatic carbocycles. The summed E-state index contributed by atoms with van der Waals surface area (Å²) < 4.78 is 0. The molecule has 2 N–H and O–H groups in total. The number of amides is 2. The number of aromatic nitrogens is 1. The van der Waals surface area contributed by atoms with Gasteiger partial charge in [-0.3, -0.25) is 0 Å². The number of piperidine rings is 1. The summed E-state index contributed by atoms with van der Waals surface area (Å²) in [6.45, 7) is 4.89. The number of fused-ring (bicyclic) bond motifs is 1. The van der Waals surface area contributed by atoms with Crippen LogP contribution in [0.15, 0.2) is 60.8 Å². The lowest BCUT2D eigenvalue weighted by atomic mass is 9.68. The number of urea groups is 1. The Morgan fingerprint density at radius 2 is 1.69 bits per heavy atom. The highest BCUT2D eigenvalue weighted by Crippen LogP contribution is 2.41. The molecule has 0 bridgehead atoms. The Bertz CT molecular complexity index is 1040. The van der Waals surface area contributed by atoms with Crippen LogP contribution in [0.2, 0.25) is 0 Å². The number of rotatable bonds is 4. The van der Waals surface area contributed by atoms with Crippen molar-refractivity contribution in [2.45, 2.75) is 56.8 Å². The first kappa shape index (κ1) is 21.1. The predicted molar refractivity (Wildman–Crippen MR) is 131 cm³/mol. The third kappa shape index (κ3) is 4.28. The predicted octanol–water partition coefficient (Wildman–Crippen LogP) is 6.21. The summed E-state index contributed by atoms with van der Waals surface area (Å²) in [5.74, 6) is 1.13. The van der Waals surface area contributed by atoms with Crippen LogP contribution in [0.3, 0.4) is 0 Å². The SMILES string of the molecule is CC1(c2ccccc2)CCC(CNC(=O)N2CCC(c3c[nH]c4ccccc34)CC2)CC1. The Hall–Kier alpha value is -2.75. The lowest BCUT2D eigenvalue weighted by Crippen LogP contribution is -2.46. The van der Waals surface area contributed by atoms with Crippen molar-refractivity contribution in [2.24, 2.45) is 5.92 Å². The molecule has 1 saturated carbocycles. The van der Waals surface area contributed by atoms with Gasteiger partial charge in [-0.05, 0) is 73.0 Å². The van der Waals surface area contributed by atoms with E-state index in [1.165, 1.54) is 47.7 Å². The molecular formula is C28H35N3O. The number of nitrogens with one attached hydrogen (secondary N) is 2. The molecule has 0 spiro atoms. The smallest absolute Gasteiger partial charge is 0.317 e. The van der Waals surface area contributed by atoms with Gasteiger partial charge in [0.2, 0.25) is 0 Å². The van der Waals surface area contributed by atoms with Crippen LogP contribution in [0.5, 0.6) is 0 Å². The Balaban J connectivity index is 1.08. The van der Waals surface area contributed by atoms with Gasteiger partial charge in [0, 0.05) is 36.7 Å². The Labute approximate surface area is 191 Å². The van der Waals surface area contributed by atoms with E-state index in [1.54, 1.807) is 0 Å². The highest BCUT2D eigenvalue weighted by molar-refractivity contribution is 5.83. The number of nitrogens with zero attached hydrogens (tertiary/aromatic N) is 1. The molecule has 0 radical (unpaired) electrons.